The molecule has 3 saturated carbocycles. The Morgan fingerprint density at radius 1 is 1.03 bits per heavy atom. The molecule has 3 aliphatic carbocycles. The van der Waals surface area contributed by atoms with E-state index in [1.54, 1.807) is 0 Å². The quantitative estimate of drug-likeness (QED) is 0.388. The van der Waals surface area contributed by atoms with E-state index in [2.05, 4.69) is 46.9 Å². The fraction of sp³-hybridized carbons (Fsp3) is 0.935. The van der Waals surface area contributed by atoms with Gasteiger partial charge in [-0.1, -0.05) is 54.4 Å². The summed E-state index contributed by atoms with van der Waals surface area (Å²) in [5, 5.41) is 3.43. The van der Waals surface area contributed by atoms with Gasteiger partial charge >= 0.3 is 5.97 Å². The smallest absolute Gasteiger partial charge is 0.302 e. The summed E-state index contributed by atoms with van der Waals surface area (Å²) in [5.74, 6) is 5.02. The van der Waals surface area contributed by atoms with Crippen LogP contribution >= 0.6 is 0 Å². The Morgan fingerprint density at radius 2 is 1.71 bits per heavy atom. The molecule has 0 bridgehead atoms. The maximum absolute atomic E-state index is 13.2. The molecule has 10 atom stereocenters. The van der Waals surface area contributed by atoms with Crippen LogP contribution in [0.4, 0.5) is 0 Å². The average Bonchev–Trinajstić information content (AvgIpc) is 3.08. The second-order valence-electron chi connectivity index (χ2n) is 13.9. The Balaban J connectivity index is 1.50. The highest BCUT2D eigenvalue weighted by atomic mass is 16.5. The molecule has 4 heteroatoms. The van der Waals surface area contributed by atoms with E-state index in [-0.39, 0.29) is 29.4 Å². The average molecular weight is 488 g/mol. The monoisotopic (exact) mass is 487 g/mol. The zero-order valence-corrected chi connectivity index (χ0v) is 23.7. The third-order valence-corrected chi connectivity index (χ3v) is 11.9. The molecule has 4 nitrogen and oxygen atoms in total. The molecular formula is C31H53NO3. The molecule has 1 heterocycles. The summed E-state index contributed by atoms with van der Waals surface area (Å²) < 4.78 is 5.60. The Hall–Kier alpha value is -1.06. The summed E-state index contributed by atoms with van der Waals surface area (Å²) in [4.78, 5) is 24.8. The first-order valence-electron chi connectivity index (χ1n) is 15.0. The molecule has 0 radical (unpaired) electrons. The van der Waals surface area contributed by atoms with E-state index < -0.39 is 0 Å². The lowest BCUT2D eigenvalue weighted by molar-refractivity contribution is -0.151. The fourth-order valence-electron chi connectivity index (χ4n) is 9.83. The van der Waals surface area contributed by atoms with Crippen molar-refractivity contribution in [2.24, 2.45) is 52.3 Å². The van der Waals surface area contributed by atoms with E-state index in [0.29, 0.717) is 29.6 Å². The van der Waals surface area contributed by atoms with Crippen LogP contribution in [0.3, 0.4) is 0 Å². The number of esters is 1. The van der Waals surface area contributed by atoms with Gasteiger partial charge in [-0.25, -0.2) is 0 Å². The van der Waals surface area contributed by atoms with Crippen molar-refractivity contribution in [1.29, 1.82) is 0 Å². The molecule has 1 amide bonds. The minimum Gasteiger partial charge on any atom is -0.462 e. The summed E-state index contributed by atoms with van der Waals surface area (Å²) in [5.41, 5.74) is 0.496. The van der Waals surface area contributed by atoms with Crippen molar-refractivity contribution in [3.05, 3.63) is 0 Å². The first-order valence-corrected chi connectivity index (χ1v) is 15.0. The van der Waals surface area contributed by atoms with E-state index in [1.165, 1.54) is 51.9 Å². The lowest BCUT2D eigenvalue weighted by Crippen LogP contribution is -2.55. The van der Waals surface area contributed by atoms with Crippen LogP contribution < -0.4 is 5.32 Å². The maximum atomic E-state index is 13.2. The van der Waals surface area contributed by atoms with Crippen LogP contribution in [0, 0.1) is 52.3 Å². The molecule has 10 unspecified atom stereocenters. The normalized spacial score (nSPS) is 42.8. The highest BCUT2D eigenvalue weighted by Gasteiger charge is 2.60. The number of rotatable bonds is 7. The summed E-state index contributed by atoms with van der Waals surface area (Å²) in [7, 11) is 0. The van der Waals surface area contributed by atoms with Gasteiger partial charge in [0.25, 0.3) is 0 Å². The van der Waals surface area contributed by atoms with E-state index >= 15 is 0 Å². The first kappa shape index (κ1) is 27.0. The third-order valence-electron chi connectivity index (χ3n) is 11.9. The Bertz CT molecular complexity index is 779. The zero-order chi connectivity index (χ0) is 25.5. The lowest BCUT2D eigenvalue weighted by Gasteiger charge is -2.56. The van der Waals surface area contributed by atoms with Crippen LogP contribution in [0.15, 0.2) is 0 Å². The molecule has 4 fully saturated rings. The number of amides is 1. The van der Waals surface area contributed by atoms with Gasteiger partial charge in [-0.2, -0.15) is 0 Å². The Kier molecular flexibility index (Phi) is 7.99. The third kappa shape index (κ3) is 5.06. The second-order valence-corrected chi connectivity index (χ2v) is 13.9. The molecule has 0 aromatic rings. The molecule has 4 aliphatic rings. The number of fused-ring (bicyclic) bond motifs is 5. The molecule has 1 saturated heterocycles. The Morgan fingerprint density at radius 3 is 2.37 bits per heavy atom. The largest absolute Gasteiger partial charge is 0.462 e. The molecular weight excluding hydrogens is 434 g/mol. The van der Waals surface area contributed by atoms with Gasteiger partial charge in [-0.3, -0.25) is 9.59 Å². The highest BCUT2D eigenvalue weighted by Crippen LogP contribution is 2.65. The molecule has 0 spiro atoms. The molecule has 35 heavy (non-hydrogen) atoms. The van der Waals surface area contributed by atoms with E-state index in [0.717, 1.165) is 42.9 Å². The summed E-state index contributed by atoms with van der Waals surface area (Å²) in [6, 6.07) is 0.130. The fourth-order valence-corrected chi connectivity index (χ4v) is 9.83. The highest BCUT2D eigenvalue weighted by molar-refractivity contribution is 5.77. The number of carbonyl (C=O) groups excluding carboxylic acids is 2. The van der Waals surface area contributed by atoms with Crippen LogP contribution in [0.25, 0.3) is 0 Å². The summed E-state index contributed by atoms with van der Waals surface area (Å²) in [6.45, 7) is 16.2. The maximum Gasteiger partial charge on any atom is 0.302 e. The van der Waals surface area contributed by atoms with Gasteiger partial charge in [0.1, 0.15) is 6.10 Å². The van der Waals surface area contributed by atoms with Gasteiger partial charge in [-0.05, 0) is 97.2 Å². The standard InChI is InChI=1S/C31H53NO3/c1-8-22(19(2)3)10-9-20(4)25-11-12-26-24-18-29(34)32-28-17-23(35-21(5)33)13-15-31(28,7)27(24)14-16-30(25,26)6/h19-20,22-28H,8-18H2,1-7H3,(H,32,34). The van der Waals surface area contributed by atoms with E-state index in [9.17, 15) is 9.59 Å². The topological polar surface area (TPSA) is 55.4 Å². The lowest BCUT2D eigenvalue weighted by atomic mass is 9.49. The minimum absolute atomic E-state index is 0.0502. The number of nitrogens with one attached hydrogen (secondary N) is 1. The predicted octanol–water partition coefficient (Wildman–Crippen LogP) is 7.15. The van der Waals surface area contributed by atoms with Crippen molar-refractivity contribution in [1.82, 2.24) is 5.32 Å². The first-order chi connectivity index (χ1) is 16.5. The van der Waals surface area contributed by atoms with Crippen LogP contribution in [0.5, 0.6) is 0 Å². The van der Waals surface area contributed by atoms with Gasteiger partial charge in [0, 0.05) is 25.8 Å². The molecule has 4 rings (SSSR count). The summed E-state index contributed by atoms with van der Waals surface area (Å²) in [6.07, 6.45) is 12.7. The number of carbonyl (C=O) groups is 2. The SMILES string of the molecule is CCC(CCC(C)C1CCC2C3CC(=O)NC4CC(OC(C)=O)CCC4(C)C3CCC12C)C(C)C. The second kappa shape index (κ2) is 10.4. The number of hydrogen-bond donors (Lipinski definition) is 1. The van der Waals surface area contributed by atoms with Crippen molar-refractivity contribution >= 4 is 11.9 Å². The van der Waals surface area contributed by atoms with Gasteiger partial charge in [0.2, 0.25) is 5.91 Å². The molecule has 0 aromatic carbocycles. The van der Waals surface area contributed by atoms with Gasteiger partial charge in [-0.15, -0.1) is 0 Å². The van der Waals surface area contributed by atoms with E-state index in [4.69, 9.17) is 4.74 Å². The van der Waals surface area contributed by atoms with Crippen molar-refractivity contribution in [3.63, 3.8) is 0 Å². The predicted molar refractivity (Wildman–Crippen MR) is 142 cm³/mol. The van der Waals surface area contributed by atoms with Crippen LogP contribution in [0.2, 0.25) is 0 Å². The van der Waals surface area contributed by atoms with Crippen LogP contribution in [-0.2, 0) is 14.3 Å². The number of hydrogen-bond acceptors (Lipinski definition) is 3. The van der Waals surface area contributed by atoms with Crippen molar-refractivity contribution in [2.75, 3.05) is 0 Å². The van der Waals surface area contributed by atoms with E-state index in [1.807, 2.05) is 0 Å². The molecule has 1 N–H and O–H groups in total. The van der Waals surface area contributed by atoms with Crippen molar-refractivity contribution < 1.29 is 14.3 Å². The molecule has 1 aliphatic heterocycles. The van der Waals surface area contributed by atoms with Gasteiger partial charge in [0.15, 0.2) is 0 Å². The van der Waals surface area contributed by atoms with Crippen molar-refractivity contribution in [2.45, 2.75) is 131 Å². The number of ether oxygens (including phenoxy) is 1. The van der Waals surface area contributed by atoms with Gasteiger partial charge in [0.05, 0.1) is 0 Å². The van der Waals surface area contributed by atoms with Gasteiger partial charge < -0.3 is 10.1 Å². The van der Waals surface area contributed by atoms with Crippen LogP contribution in [0.1, 0.15) is 119 Å². The molecule has 0 aromatic heterocycles. The minimum atomic E-state index is -0.199. The van der Waals surface area contributed by atoms with Crippen molar-refractivity contribution in [3.8, 4) is 0 Å². The molecule has 200 valence electrons. The summed E-state index contributed by atoms with van der Waals surface area (Å²) >= 11 is 0. The Labute approximate surface area is 215 Å². The zero-order valence-electron chi connectivity index (χ0n) is 23.7. The van der Waals surface area contributed by atoms with Crippen LogP contribution in [-0.4, -0.2) is 24.0 Å².